The van der Waals surface area contributed by atoms with Gasteiger partial charge in [0.2, 0.25) is 0 Å². The molecular formula is C18H23IO2. The van der Waals surface area contributed by atoms with Crippen LogP contribution in [-0.2, 0) is 16.0 Å². The lowest BCUT2D eigenvalue weighted by Crippen LogP contribution is -2.43. The van der Waals surface area contributed by atoms with Crippen LogP contribution in [0, 0.1) is 20.3 Å². The second kappa shape index (κ2) is 5.25. The van der Waals surface area contributed by atoms with Crippen LogP contribution in [0.4, 0.5) is 0 Å². The van der Waals surface area contributed by atoms with Crippen molar-refractivity contribution in [2.45, 2.75) is 52.6 Å². The van der Waals surface area contributed by atoms with Gasteiger partial charge in [-0.25, -0.2) is 0 Å². The van der Waals surface area contributed by atoms with E-state index < -0.39 is 0 Å². The Kier molecular flexibility index (Phi) is 3.83. The molecule has 3 heteroatoms. The van der Waals surface area contributed by atoms with Crippen LogP contribution < -0.4 is 0 Å². The average molecular weight is 398 g/mol. The first kappa shape index (κ1) is 15.3. The molecule has 0 spiro atoms. The standard InChI is InChI=1S/C18H23IO2/c1-17(2)13-8-9-18(3,11-13)16(17)21-15(20)10-12-6-4-5-7-14(12)19/h4-7,13,16H,8-11H2,1-3H3/t13-,16-,18+/m0/s1. The molecule has 0 aromatic heterocycles. The summed E-state index contributed by atoms with van der Waals surface area (Å²) in [5.74, 6) is 0.628. The minimum atomic E-state index is -0.0778. The van der Waals surface area contributed by atoms with E-state index in [1.807, 2.05) is 24.3 Å². The Morgan fingerprint density at radius 2 is 2.05 bits per heavy atom. The molecule has 2 bridgehead atoms. The highest BCUT2D eigenvalue weighted by Crippen LogP contribution is 2.63. The van der Waals surface area contributed by atoms with Gasteiger partial charge in [-0.15, -0.1) is 0 Å². The van der Waals surface area contributed by atoms with Crippen LogP contribution in [-0.4, -0.2) is 12.1 Å². The van der Waals surface area contributed by atoms with E-state index in [9.17, 15) is 4.79 Å². The lowest BCUT2D eigenvalue weighted by Gasteiger charge is -2.41. The van der Waals surface area contributed by atoms with Crippen molar-refractivity contribution in [1.29, 1.82) is 0 Å². The largest absolute Gasteiger partial charge is 0.461 e. The van der Waals surface area contributed by atoms with Crippen LogP contribution >= 0.6 is 22.6 Å². The first-order chi connectivity index (χ1) is 9.83. The Bertz CT molecular complexity index is 561. The Labute approximate surface area is 140 Å². The number of carbonyl (C=O) groups excluding carboxylic acids is 1. The van der Waals surface area contributed by atoms with E-state index in [0.717, 1.165) is 9.13 Å². The second-order valence-corrected chi connectivity index (χ2v) is 8.72. The predicted molar refractivity (Wildman–Crippen MR) is 92.0 cm³/mol. The fourth-order valence-corrected chi connectivity index (χ4v) is 5.10. The van der Waals surface area contributed by atoms with Gasteiger partial charge < -0.3 is 4.74 Å². The van der Waals surface area contributed by atoms with Gasteiger partial charge in [0.15, 0.2) is 0 Å². The number of rotatable bonds is 3. The predicted octanol–water partition coefficient (Wildman–Crippen LogP) is 4.59. The average Bonchev–Trinajstić information content (AvgIpc) is 2.89. The fraction of sp³-hybridized carbons (Fsp3) is 0.611. The molecule has 114 valence electrons. The monoisotopic (exact) mass is 398 g/mol. The second-order valence-electron chi connectivity index (χ2n) is 7.55. The van der Waals surface area contributed by atoms with Gasteiger partial charge in [-0.2, -0.15) is 0 Å². The molecule has 1 aromatic rings. The molecule has 1 aromatic carbocycles. The highest BCUT2D eigenvalue weighted by molar-refractivity contribution is 14.1. The zero-order valence-corrected chi connectivity index (χ0v) is 15.1. The lowest BCUT2D eigenvalue weighted by atomic mass is 9.70. The van der Waals surface area contributed by atoms with Gasteiger partial charge in [-0.3, -0.25) is 4.79 Å². The minimum absolute atomic E-state index is 0.0672. The Morgan fingerprint density at radius 3 is 2.67 bits per heavy atom. The summed E-state index contributed by atoms with van der Waals surface area (Å²) in [4.78, 5) is 12.4. The summed E-state index contributed by atoms with van der Waals surface area (Å²) in [6.45, 7) is 6.84. The Hall–Kier alpha value is -0.580. The molecule has 2 fully saturated rings. The maximum Gasteiger partial charge on any atom is 0.310 e. The van der Waals surface area contributed by atoms with Crippen molar-refractivity contribution in [1.82, 2.24) is 0 Å². The van der Waals surface area contributed by atoms with Crippen molar-refractivity contribution in [3.8, 4) is 0 Å². The summed E-state index contributed by atoms with van der Waals surface area (Å²) < 4.78 is 7.11. The fourth-order valence-electron chi connectivity index (χ4n) is 4.52. The molecule has 2 aliphatic carbocycles. The highest BCUT2D eigenvalue weighted by atomic mass is 127. The topological polar surface area (TPSA) is 26.3 Å². The number of hydrogen-bond donors (Lipinski definition) is 0. The van der Waals surface area contributed by atoms with Crippen LogP contribution in [0.2, 0.25) is 0 Å². The van der Waals surface area contributed by atoms with Crippen LogP contribution in [0.25, 0.3) is 0 Å². The Morgan fingerprint density at radius 1 is 1.33 bits per heavy atom. The SMILES string of the molecule is CC1(C)[C@H]2CC[C@](C)(C2)[C@H]1OC(=O)Cc1ccccc1I. The zero-order chi connectivity index (χ0) is 15.3. The molecule has 2 nitrogen and oxygen atoms in total. The van der Waals surface area contributed by atoms with Gasteiger partial charge in [0.25, 0.3) is 0 Å². The summed E-state index contributed by atoms with van der Waals surface area (Å²) in [5, 5.41) is 0. The Balaban J connectivity index is 1.72. The van der Waals surface area contributed by atoms with Gasteiger partial charge in [0, 0.05) is 14.4 Å². The smallest absolute Gasteiger partial charge is 0.310 e. The number of hydrogen-bond acceptors (Lipinski definition) is 2. The summed E-state index contributed by atoms with van der Waals surface area (Å²) in [7, 11) is 0. The third-order valence-corrected chi connectivity index (χ3v) is 6.73. The van der Waals surface area contributed by atoms with Gasteiger partial charge in [-0.1, -0.05) is 39.0 Å². The molecule has 0 saturated heterocycles. The molecule has 0 aliphatic heterocycles. The first-order valence-corrected chi connectivity index (χ1v) is 8.84. The minimum Gasteiger partial charge on any atom is -0.461 e. The number of ether oxygens (including phenoxy) is 1. The molecule has 0 unspecified atom stereocenters. The van der Waals surface area contributed by atoms with Crippen molar-refractivity contribution in [3.05, 3.63) is 33.4 Å². The van der Waals surface area contributed by atoms with E-state index in [2.05, 4.69) is 43.4 Å². The van der Waals surface area contributed by atoms with Crippen LogP contribution in [0.1, 0.15) is 45.6 Å². The summed E-state index contributed by atoms with van der Waals surface area (Å²) in [6, 6.07) is 8.02. The molecule has 3 atom stereocenters. The number of benzene rings is 1. The molecule has 2 aliphatic rings. The van der Waals surface area contributed by atoms with Crippen LogP contribution in [0.15, 0.2) is 24.3 Å². The van der Waals surface area contributed by atoms with E-state index in [1.54, 1.807) is 0 Å². The van der Waals surface area contributed by atoms with Crippen LogP contribution in [0.3, 0.4) is 0 Å². The quantitative estimate of drug-likeness (QED) is 0.550. The third-order valence-electron chi connectivity index (χ3n) is 5.68. The van der Waals surface area contributed by atoms with Crippen LogP contribution in [0.5, 0.6) is 0 Å². The van der Waals surface area contributed by atoms with Gasteiger partial charge in [-0.05, 0) is 59.4 Å². The number of carbonyl (C=O) groups is 1. The van der Waals surface area contributed by atoms with Crippen molar-refractivity contribution >= 4 is 28.6 Å². The van der Waals surface area contributed by atoms with E-state index in [-0.39, 0.29) is 22.9 Å². The third kappa shape index (κ3) is 2.62. The van der Waals surface area contributed by atoms with Crippen molar-refractivity contribution in [2.24, 2.45) is 16.7 Å². The lowest BCUT2D eigenvalue weighted by molar-refractivity contribution is -0.163. The van der Waals surface area contributed by atoms with Gasteiger partial charge in [0.1, 0.15) is 6.10 Å². The molecular weight excluding hydrogens is 375 g/mol. The highest BCUT2D eigenvalue weighted by Gasteiger charge is 2.61. The van der Waals surface area contributed by atoms with Crippen molar-refractivity contribution < 1.29 is 9.53 Å². The molecule has 3 rings (SSSR count). The first-order valence-electron chi connectivity index (χ1n) is 7.76. The number of halogens is 1. The zero-order valence-electron chi connectivity index (χ0n) is 13.0. The maximum absolute atomic E-state index is 12.4. The molecule has 0 amide bonds. The summed E-state index contributed by atoms with van der Waals surface area (Å²) in [5.41, 5.74) is 1.37. The van der Waals surface area contributed by atoms with Gasteiger partial charge in [0.05, 0.1) is 6.42 Å². The van der Waals surface area contributed by atoms with E-state index in [1.165, 1.54) is 19.3 Å². The molecule has 0 N–H and O–H groups in total. The van der Waals surface area contributed by atoms with E-state index in [0.29, 0.717) is 12.3 Å². The molecule has 2 saturated carbocycles. The van der Waals surface area contributed by atoms with Gasteiger partial charge >= 0.3 is 5.97 Å². The summed E-state index contributed by atoms with van der Waals surface area (Å²) >= 11 is 2.28. The molecule has 21 heavy (non-hydrogen) atoms. The number of fused-ring (bicyclic) bond motifs is 2. The normalized spacial score (nSPS) is 33.1. The van der Waals surface area contributed by atoms with E-state index >= 15 is 0 Å². The van der Waals surface area contributed by atoms with Crippen molar-refractivity contribution in [2.75, 3.05) is 0 Å². The molecule has 0 heterocycles. The summed E-state index contributed by atoms with van der Waals surface area (Å²) in [6.07, 6.45) is 4.14. The number of esters is 1. The maximum atomic E-state index is 12.4. The van der Waals surface area contributed by atoms with E-state index in [4.69, 9.17) is 4.74 Å². The molecule has 0 radical (unpaired) electrons. The van der Waals surface area contributed by atoms with Crippen molar-refractivity contribution in [3.63, 3.8) is 0 Å².